The summed E-state index contributed by atoms with van der Waals surface area (Å²) >= 11 is 0. The van der Waals surface area contributed by atoms with Crippen molar-refractivity contribution in [3.05, 3.63) is 0 Å². The summed E-state index contributed by atoms with van der Waals surface area (Å²) in [5.74, 6) is 0.305. The van der Waals surface area contributed by atoms with E-state index in [9.17, 15) is 8.42 Å². The number of nitrogens with zero attached hydrogens (tertiary/aromatic N) is 2. The molecular weight excluding hydrogens is 262 g/mol. The van der Waals surface area contributed by atoms with Crippen molar-refractivity contribution < 1.29 is 8.42 Å². The van der Waals surface area contributed by atoms with Gasteiger partial charge in [0.1, 0.15) is 0 Å². The quantitative estimate of drug-likeness (QED) is 0.622. The van der Waals surface area contributed by atoms with E-state index in [1.165, 1.54) is 8.61 Å². The molecule has 0 amide bonds. The van der Waals surface area contributed by atoms with Crippen LogP contribution in [0.4, 0.5) is 0 Å². The fourth-order valence-corrected chi connectivity index (χ4v) is 3.16. The number of rotatable bonds is 10. The lowest BCUT2D eigenvalue weighted by Crippen LogP contribution is -2.46. The van der Waals surface area contributed by atoms with Crippen molar-refractivity contribution >= 4 is 10.2 Å². The van der Waals surface area contributed by atoms with Crippen molar-refractivity contribution in [1.29, 1.82) is 0 Å². The van der Waals surface area contributed by atoms with Crippen LogP contribution in [-0.2, 0) is 10.2 Å². The molecule has 0 radical (unpaired) electrons. The molecule has 0 aliphatic carbocycles. The fraction of sp³-hybridized carbons (Fsp3) is 1.00. The highest BCUT2D eigenvalue weighted by molar-refractivity contribution is 7.86. The van der Waals surface area contributed by atoms with Crippen LogP contribution in [0.15, 0.2) is 0 Å². The highest BCUT2D eigenvalue weighted by Gasteiger charge is 2.28. The third-order valence-electron chi connectivity index (χ3n) is 3.55. The predicted octanol–water partition coefficient (Wildman–Crippen LogP) is 1.53. The first kappa shape index (κ1) is 18.8. The lowest BCUT2D eigenvalue weighted by Gasteiger charge is -2.31. The van der Waals surface area contributed by atoms with E-state index >= 15 is 0 Å². The van der Waals surface area contributed by atoms with Gasteiger partial charge in [-0.1, -0.05) is 20.8 Å². The van der Waals surface area contributed by atoms with Gasteiger partial charge in [-0.3, -0.25) is 0 Å². The molecule has 1 N–H and O–H groups in total. The van der Waals surface area contributed by atoms with Crippen molar-refractivity contribution in [1.82, 2.24) is 13.9 Å². The number of hydrogen-bond acceptors (Lipinski definition) is 3. The molecule has 1 atom stereocenters. The fourth-order valence-electron chi connectivity index (χ4n) is 1.69. The Hall–Kier alpha value is -0.170. The molecule has 0 spiro atoms. The van der Waals surface area contributed by atoms with Crippen molar-refractivity contribution in [3.8, 4) is 0 Å². The van der Waals surface area contributed by atoms with E-state index < -0.39 is 10.2 Å². The second kappa shape index (κ2) is 8.89. The number of hydrogen-bond donors (Lipinski definition) is 1. The normalized spacial score (nSPS) is 14.6. The van der Waals surface area contributed by atoms with Gasteiger partial charge in [-0.15, -0.1) is 0 Å². The van der Waals surface area contributed by atoms with Crippen LogP contribution in [0.2, 0.25) is 0 Å². The Morgan fingerprint density at radius 1 is 1.11 bits per heavy atom. The molecule has 6 heteroatoms. The average Bonchev–Trinajstić information content (AvgIpc) is 2.36. The first-order chi connectivity index (χ1) is 8.75. The lowest BCUT2D eigenvalue weighted by molar-refractivity contribution is 0.291. The Labute approximate surface area is 119 Å². The van der Waals surface area contributed by atoms with E-state index in [2.05, 4.69) is 12.2 Å². The van der Waals surface area contributed by atoms with Crippen molar-refractivity contribution in [2.75, 3.05) is 33.7 Å². The summed E-state index contributed by atoms with van der Waals surface area (Å²) in [6, 6.07) is 0.00525. The molecule has 116 valence electrons. The maximum Gasteiger partial charge on any atom is 0.281 e. The largest absolute Gasteiger partial charge is 0.317 e. The van der Waals surface area contributed by atoms with Gasteiger partial charge in [0.2, 0.25) is 0 Å². The van der Waals surface area contributed by atoms with Crippen LogP contribution in [0.1, 0.15) is 40.5 Å². The second-order valence-corrected chi connectivity index (χ2v) is 7.53. The van der Waals surface area contributed by atoms with Crippen LogP contribution in [0.25, 0.3) is 0 Å². The summed E-state index contributed by atoms with van der Waals surface area (Å²) in [5, 5.41) is 3.28. The van der Waals surface area contributed by atoms with Gasteiger partial charge >= 0.3 is 0 Å². The van der Waals surface area contributed by atoms with Crippen molar-refractivity contribution in [2.45, 2.75) is 46.6 Å². The van der Waals surface area contributed by atoms with Crippen LogP contribution in [0.3, 0.4) is 0 Å². The molecule has 19 heavy (non-hydrogen) atoms. The summed E-state index contributed by atoms with van der Waals surface area (Å²) in [4.78, 5) is 0. The smallest absolute Gasteiger partial charge is 0.281 e. The van der Waals surface area contributed by atoms with Gasteiger partial charge in [-0.2, -0.15) is 17.0 Å². The SMILES string of the molecule is CCCNCCCN(C)S(=O)(=O)N(C)C(C)C(C)C. The van der Waals surface area contributed by atoms with Gasteiger partial charge in [0.25, 0.3) is 10.2 Å². The van der Waals surface area contributed by atoms with Crippen LogP contribution in [-0.4, -0.2) is 56.8 Å². The van der Waals surface area contributed by atoms with E-state index in [-0.39, 0.29) is 6.04 Å². The molecule has 0 bridgehead atoms. The summed E-state index contributed by atoms with van der Waals surface area (Å²) in [5.41, 5.74) is 0. The minimum absolute atomic E-state index is 0.00525. The molecule has 0 saturated carbocycles. The highest BCUT2D eigenvalue weighted by atomic mass is 32.2. The molecule has 1 unspecified atom stereocenters. The van der Waals surface area contributed by atoms with Gasteiger partial charge in [0, 0.05) is 26.7 Å². The molecular formula is C13H31N3O2S. The van der Waals surface area contributed by atoms with Gasteiger partial charge in [0.15, 0.2) is 0 Å². The summed E-state index contributed by atoms with van der Waals surface area (Å²) < 4.78 is 27.6. The third kappa shape index (κ3) is 6.21. The van der Waals surface area contributed by atoms with Gasteiger partial charge < -0.3 is 5.32 Å². The molecule has 0 heterocycles. The lowest BCUT2D eigenvalue weighted by atomic mass is 10.1. The highest BCUT2D eigenvalue weighted by Crippen LogP contribution is 2.14. The molecule has 0 aliphatic heterocycles. The summed E-state index contributed by atoms with van der Waals surface area (Å²) in [6.45, 7) is 10.5. The Balaban J connectivity index is 4.31. The predicted molar refractivity (Wildman–Crippen MR) is 81.4 cm³/mol. The topological polar surface area (TPSA) is 52.7 Å². The molecule has 0 fully saturated rings. The molecule has 0 aromatic heterocycles. The van der Waals surface area contributed by atoms with Gasteiger partial charge in [0.05, 0.1) is 0 Å². The molecule has 0 aromatic carbocycles. The maximum atomic E-state index is 12.3. The second-order valence-electron chi connectivity index (χ2n) is 5.43. The summed E-state index contributed by atoms with van der Waals surface area (Å²) in [6.07, 6.45) is 1.93. The Kier molecular flexibility index (Phi) is 8.81. The monoisotopic (exact) mass is 293 g/mol. The Morgan fingerprint density at radius 3 is 2.16 bits per heavy atom. The van der Waals surface area contributed by atoms with Crippen LogP contribution < -0.4 is 5.32 Å². The zero-order valence-corrected chi connectivity index (χ0v) is 14.1. The average molecular weight is 293 g/mol. The van der Waals surface area contributed by atoms with Crippen LogP contribution in [0.5, 0.6) is 0 Å². The first-order valence-electron chi connectivity index (χ1n) is 7.15. The summed E-state index contributed by atoms with van der Waals surface area (Å²) in [7, 11) is -0.0270. The van der Waals surface area contributed by atoms with E-state index in [1.54, 1.807) is 14.1 Å². The third-order valence-corrected chi connectivity index (χ3v) is 5.58. The minimum atomic E-state index is -3.34. The Morgan fingerprint density at radius 2 is 1.68 bits per heavy atom. The molecule has 0 saturated heterocycles. The zero-order valence-electron chi connectivity index (χ0n) is 13.3. The van der Waals surface area contributed by atoms with Gasteiger partial charge in [-0.25, -0.2) is 0 Å². The number of nitrogens with one attached hydrogen (secondary N) is 1. The van der Waals surface area contributed by atoms with Gasteiger partial charge in [-0.05, 0) is 38.8 Å². The molecule has 0 rings (SSSR count). The van der Waals surface area contributed by atoms with E-state index in [1.807, 2.05) is 20.8 Å². The first-order valence-corrected chi connectivity index (χ1v) is 8.54. The maximum absolute atomic E-state index is 12.3. The van der Waals surface area contributed by atoms with E-state index in [0.29, 0.717) is 12.5 Å². The van der Waals surface area contributed by atoms with E-state index in [0.717, 1.165) is 25.9 Å². The Bertz CT molecular complexity index is 331. The van der Waals surface area contributed by atoms with Crippen molar-refractivity contribution in [3.63, 3.8) is 0 Å². The van der Waals surface area contributed by atoms with Crippen LogP contribution >= 0.6 is 0 Å². The molecule has 5 nitrogen and oxygen atoms in total. The van der Waals surface area contributed by atoms with Crippen LogP contribution in [0, 0.1) is 5.92 Å². The van der Waals surface area contributed by atoms with Crippen molar-refractivity contribution in [2.24, 2.45) is 5.92 Å². The standard InChI is InChI=1S/C13H31N3O2S/c1-7-9-14-10-8-11-15(5)19(17,18)16(6)13(4)12(2)3/h12-14H,7-11H2,1-6H3. The zero-order chi connectivity index (χ0) is 15.1. The molecule has 0 aromatic rings. The molecule has 0 aliphatic rings. The van der Waals surface area contributed by atoms with E-state index in [4.69, 9.17) is 0 Å². The minimum Gasteiger partial charge on any atom is -0.317 e.